The third-order valence-corrected chi connectivity index (χ3v) is 4.89. The predicted molar refractivity (Wildman–Crippen MR) is 84.8 cm³/mol. The number of fused-ring (bicyclic) bond motifs is 1. The number of rotatable bonds is 7. The van der Waals surface area contributed by atoms with Crippen LogP contribution in [0.4, 0.5) is 0 Å². The Morgan fingerprint density at radius 1 is 0.842 bits per heavy atom. The van der Waals surface area contributed by atoms with E-state index in [9.17, 15) is 0 Å². The Hall–Kier alpha value is -0.780. The molecule has 0 aromatic heterocycles. The first kappa shape index (κ1) is 14.6. The van der Waals surface area contributed by atoms with Gasteiger partial charge in [-0.15, -0.1) is 0 Å². The topological polar surface area (TPSA) is 0 Å². The van der Waals surface area contributed by atoms with Crippen molar-refractivity contribution >= 4 is 0 Å². The maximum atomic E-state index is 2.40. The molecule has 0 radical (unpaired) electrons. The van der Waals surface area contributed by atoms with E-state index in [2.05, 4.69) is 38.1 Å². The second kappa shape index (κ2) is 7.72. The Morgan fingerprint density at radius 2 is 1.47 bits per heavy atom. The number of unbranched alkanes of at least 4 members (excludes halogenated alkanes) is 4. The van der Waals surface area contributed by atoms with Gasteiger partial charge >= 0.3 is 0 Å². The Bertz CT molecular complexity index is 366. The smallest absolute Gasteiger partial charge is 0.0159 e. The molecule has 0 heterocycles. The fraction of sp³-hybridized carbons (Fsp3) is 0.684. The van der Waals surface area contributed by atoms with Gasteiger partial charge in [-0.1, -0.05) is 70.2 Å². The highest BCUT2D eigenvalue weighted by Gasteiger charge is 2.25. The summed E-state index contributed by atoms with van der Waals surface area (Å²) in [5.41, 5.74) is 3.34. The van der Waals surface area contributed by atoms with E-state index in [1.54, 1.807) is 11.1 Å². The van der Waals surface area contributed by atoms with Gasteiger partial charge in [-0.2, -0.15) is 0 Å². The first-order chi connectivity index (χ1) is 9.36. The summed E-state index contributed by atoms with van der Waals surface area (Å²) in [6.45, 7) is 4.63. The van der Waals surface area contributed by atoms with Crippen LogP contribution in [0.5, 0.6) is 0 Å². The van der Waals surface area contributed by atoms with Gasteiger partial charge in [-0.3, -0.25) is 0 Å². The van der Waals surface area contributed by atoms with E-state index in [1.807, 2.05) is 0 Å². The molecule has 1 aliphatic rings. The second-order valence-corrected chi connectivity index (χ2v) is 6.21. The minimum Gasteiger partial charge on any atom is -0.0654 e. The summed E-state index contributed by atoms with van der Waals surface area (Å²) >= 11 is 0. The predicted octanol–water partition coefficient (Wildman–Crippen LogP) is 6.42. The van der Waals surface area contributed by atoms with Gasteiger partial charge in [0, 0.05) is 0 Å². The lowest BCUT2D eigenvalue weighted by Crippen LogP contribution is -2.14. The molecule has 2 rings (SSSR count). The molecule has 1 aromatic carbocycles. The first-order valence-corrected chi connectivity index (χ1v) is 8.45. The van der Waals surface area contributed by atoms with Crippen molar-refractivity contribution in [2.75, 3.05) is 0 Å². The Morgan fingerprint density at radius 3 is 2.16 bits per heavy atom. The van der Waals surface area contributed by atoms with Gasteiger partial charge in [-0.25, -0.2) is 0 Å². The van der Waals surface area contributed by atoms with Gasteiger partial charge in [0.05, 0.1) is 0 Å². The highest BCUT2D eigenvalue weighted by Crippen LogP contribution is 2.42. The van der Waals surface area contributed by atoms with E-state index in [0.717, 1.165) is 11.8 Å². The fourth-order valence-corrected chi connectivity index (χ4v) is 3.69. The van der Waals surface area contributed by atoms with Crippen LogP contribution in [-0.2, 0) is 0 Å². The molecule has 0 N–H and O–H groups in total. The van der Waals surface area contributed by atoms with Crippen LogP contribution < -0.4 is 0 Å². The van der Waals surface area contributed by atoms with Gasteiger partial charge in [-0.05, 0) is 48.6 Å². The zero-order valence-electron chi connectivity index (χ0n) is 12.8. The van der Waals surface area contributed by atoms with Crippen molar-refractivity contribution in [1.29, 1.82) is 0 Å². The SMILES string of the molecule is CCCCCCCC1CCC(CC)c2ccccc21. The average molecular weight is 258 g/mol. The van der Waals surface area contributed by atoms with Crippen LogP contribution >= 0.6 is 0 Å². The van der Waals surface area contributed by atoms with Crippen molar-refractivity contribution in [2.24, 2.45) is 0 Å². The molecule has 0 saturated carbocycles. The highest BCUT2D eigenvalue weighted by molar-refractivity contribution is 5.35. The summed E-state index contributed by atoms with van der Waals surface area (Å²) in [6.07, 6.45) is 12.6. The molecule has 0 spiro atoms. The molecular formula is C19H30. The zero-order valence-corrected chi connectivity index (χ0v) is 12.8. The first-order valence-electron chi connectivity index (χ1n) is 8.45. The molecule has 106 valence electrons. The minimum absolute atomic E-state index is 0.826. The molecule has 1 aromatic rings. The van der Waals surface area contributed by atoms with Gasteiger partial charge in [0.25, 0.3) is 0 Å². The molecule has 0 heteroatoms. The van der Waals surface area contributed by atoms with E-state index >= 15 is 0 Å². The lowest BCUT2D eigenvalue weighted by atomic mass is 9.74. The third-order valence-electron chi connectivity index (χ3n) is 4.89. The Balaban J connectivity index is 1.92. The largest absolute Gasteiger partial charge is 0.0654 e. The molecule has 1 aliphatic carbocycles. The van der Waals surface area contributed by atoms with Crippen molar-refractivity contribution in [3.8, 4) is 0 Å². The van der Waals surface area contributed by atoms with Crippen molar-refractivity contribution in [3.05, 3.63) is 35.4 Å². The summed E-state index contributed by atoms with van der Waals surface area (Å²) in [5.74, 6) is 1.67. The molecule has 0 saturated heterocycles. The average Bonchev–Trinajstić information content (AvgIpc) is 2.47. The zero-order chi connectivity index (χ0) is 13.5. The van der Waals surface area contributed by atoms with Crippen molar-refractivity contribution in [2.45, 2.75) is 83.5 Å². The monoisotopic (exact) mass is 258 g/mol. The third kappa shape index (κ3) is 3.84. The highest BCUT2D eigenvalue weighted by atomic mass is 14.3. The van der Waals surface area contributed by atoms with E-state index in [-0.39, 0.29) is 0 Å². The summed E-state index contributed by atoms with van der Waals surface area (Å²) < 4.78 is 0. The Kier molecular flexibility index (Phi) is 5.94. The maximum absolute atomic E-state index is 2.40. The van der Waals surface area contributed by atoms with E-state index in [1.165, 1.54) is 57.8 Å². The van der Waals surface area contributed by atoms with Crippen LogP contribution in [0, 0.1) is 0 Å². The molecule has 0 aliphatic heterocycles. The summed E-state index contributed by atoms with van der Waals surface area (Å²) in [5, 5.41) is 0. The van der Waals surface area contributed by atoms with Crippen molar-refractivity contribution < 1.29 is 0 Å². The van der Waals surface area contributed by atoms with E-state index < -0.39 is 0 Å². The summed E-state index contributed by atoms with van der Waals surface area (Å²) in [6, 6.07) is 9.24. The molecule has 0 nitrogen and oxygen atoms in total. The van der Waals surface area contributed by atoms with E-state index in [4.69, 9.17) is 0 Å². The van der Waals surface area contributed by atoms with E-state index in [0.29, 0.717) is 0 Å². The number of hydrogen-bond acceptors (Lipinski definition) is 0. The molecule has 0 bridgehead atoms. The lowest BCUT2D eigenvalue weighted by Gasteiger charge is -2.31. The number of hydrogen-bond donors (Lipinski definition) is 0. The van der Waals surface area contributed by atoms with Crippen LogP contribution in [0.2, 0.25) is 0 Å². The van der Waals surface area contributed by atoms with Crippen LogP contribution in [0.1, 0.15) is 94.6 Å². The lowest BCUT2D eigenvalue weighted by molar-refractivity contribution is 0.439. The molecule has 0 fully saturated rings. The van der Waals surface area contributed by atoms with Gasteiger partial charge in [0.2, 0.25) is 0 Å². The van der Waals surface area contributed by atoms with Crippen LogP contribution in [0.25, 0.3) is 0 Å². The van der Waals surface area contributed by atoms with Crippen LogP contribution in [0.15, 0.2) is 24.3 Å². The Labute approximate surface area is 119 Å². The molecule has 2 atom stereocenters. The molecular weight excluding hydrogens is 228 g/mol. The molecule has 2 unspecified atom stereocenters. The van der Waals surface area contributed by atoms with Crippen LogP contribution in [0.3, 0.4) is 0 Å². The molecule has 19 heavy (non-hydrogen) atoms. The molecule has 0 amide bonds. The van der Waals surface area contributed by atoms with Crippen molar-refractivity contribution in [1.82, 2.24) is 0 Å². The summed E-state index contributed by atoms with van der Waals surface area (Å²) in [4.78, 5) is 0. The number of benzene rings is 1. The minimum atomic E-state index is 0.826. The van der Waals surface area contributed by atoms with Crippen LogP contribution in [-0.4, -0.2) is 0 Å². The summed E-state index contributed by atoms with van der Waals surface area (Å²) in [7, 11) is 0. The maximum Gasteiger partial charge on any atom is -0.0159 e. The van der Waals surface area contributed by atoms with Gasteiger partial charge in [0.1, 0.15) is 0 Å². The second-order valence-electron chi connectivity index (χ2n) is 6.21. The van der Waals surface area contributed by atoms with Gasteiger partial charge < -0.3 is 0 Å². The standard InChI is InChI=1S/C19H30/c1-3-5-6-7-8-11-17-15-14-16(4-2)18-12-9-10-13-19(17)18/h9-10,12-13,16-17H,3-8,11,14-15H2,1-2H3. The normalized spacial score (nSPS) is 22.2. The van der Waals surface area contributed by atoms with Crippen molar-refractivity contribution in [3.63, 3.8) is 0 Å². The fourth-order valence-electron chi connectivity index (χ4n) is 3.69. The van der Waals surface area contributed by atoms with Gasteiger partial charge in [0.15, 0.2) is 0 Å². The quantitative estimate of drug-likeness (QED) is 0.495.